The number of aromatic amines is 2. The summed E-state index contributed by atoms with van der Waals surface area (Å²) >= 11 is 0. The van der Waals surface area contributed by atoms with E-state index in [-0.39, 0.29) is 17.5 Å². The van der Waals surface area contributed by atoms with Crippen molar-refractivity contribution in [1.29, 1.82) is 0 Å². The molecule has 0 saturated heterocycles. The van der Waals surface area contributed by atoms with E-state index in [4.69, 9.17) is 0 Å². The highest BCUT2D eigenvalue weighted by atomic mass is 16.6. The number of carbonyl (C=O) groups excluding carboxylic acids is 2. The maximum absolute atomic E-state index is 10.9. The van der Waals surface area contributed by atoms with Gasteiger partial charge in [0.05, 0.1) is 4.92 Å². The summed E-state index contributed by atoms with van der Waals surface area (Å²) in [5.41, 5.74) is 5.45. The van der Waals surface area contributed by atoms with Gasteiger partial charge >= 0.3 is 0 Å². The summed E-state index contributed by atoms with van der Waals surface area (Å²) in [6.07, 6.45) is 5.32. The summed E-state index contributed by atoms with van der Waals surface area (Å²) in [6, 6.07) is 11.1. The second kappa shape index (κ2) is 11.9. The molecule has 4 rings (SSSR count). The molecule has 0 aliphatic rings. The minimum absolute atomic E-state index is 0.0174. The molecule has 190 valence electrons. The van der Waals surface area contributed by atoms with Crippen LogP contribution < -0.4 is 15.5 Å². The van der Waals surface area contributed by atoms with Crippen molar-refractivity contribution in [2.45, 2.75) is 26.7 Å². The molecule has 0 spiro atoms. The Balaban J connectivity index is 0.000000201. The van der Waals surface area contributed by atoms with Gasteiger partial charge in [0.1, 0.15) is 0 Å². The molecule has 0 unspecified atom stereocenters. The molecule has 0 bridgehead atoms. The summed E-state index contributed by atoms with van der Waals surface area (Å²) in [5, 5.41) is 18.3. The molecule has 0 atom stereocenters. The third kappa shape index (κ3) is 6.84. The molecule has 10 heteroatoms. The normalized spacial score (nSPS) is 10.6. The largest absolute Gasteiger partial charge is 0.378 e. The van der Waals surface area contributed by atoms with Gasteiger partial charge < -0.3 is 25.5 Å². The Morgan fingerprint density at radius 1 is 0.861 bits per heavy atom. The highest BCUT2D eigenvalue weighted by molar-refractivity contribution is 5.87. The Kier molecular flexibility index (Phi) is 8.66. The first-order valence-corrected chi connectivity index (χ1v) is 11.7. The zero-order valence-corrected chi connectivity index (χ0v) is 21.0. The monoisotopic (exact) mass is 492 g/mol. The first-order chi connectivity index (χ1) is 17.2. The van der Waals surface area contributed by atoms with Crippen molar-refractivity contribution in [3.63, 3.8) is 0 Å². The van der Waals surface area contributed by atoms with E-state index in [0.717, 1.165) is 28.4 Å². The van der Waals surface area contributed by atoms with Gasteiger partial charge in [0.2, 0.25) is 11.8 Å². The number of non-ortho nitro benzene ring substituents is 1. The van der Waals surface area contributed by atoms with Gasteiger partial charge in [-0.3, -0.25) is 19.7 Å². The van der Waals surface area contributed by atoms with Crippen LogP contribution in [-0.2, 0) is 22.4 Å². The number of H-pyrrole nitrogens is 2. The molecule has 4 aromatic rings. The Morgan fingerprint density at radius 2 is 1.36 bits per heavy atom. The number of nitrogens with zero attached hydrogens (tertiary/aromatic N) is 2. The third-order valence-electron chi connectivity index (χ3n) is 5.77. The average Bonchev–Trinajstić information content (AvgIpc) is 3.42. The number of nitro groups is 1. The predicted molar refractivity (Wildman–Crippen MR) is 142 cm³/mol. The maximum Gasteiger partial charge on any atom is 0.270 e. The fourth-order valence-corrected chi connectivity index (χ4v) is 3.88. The lowest BCUT2D eigenvalue weighted by Crippen LogP contribution is -2.22. The van der Waals surface area contributed by atoms with Gasteiger partial charge in [0.25, 0.3) is 5.69 Å². The third-order valence-corrected chi connectivity index (χ3v) is 5.77. The van der Waals surface area contributed by atoms with Crippen molar-refractivity contribution in [2.75, 3.05) is 32.1 Å². The maximum atomic E-state index is 10.9. The summed E-state index contributed by atoms with van der Waals surface area (Å²) < 4.78 is 0. The van der Waals surface area contributed by atoms with Crippen LogP contribution in [0.25, 0.3) is 21.8 Å². The number of hydrogen-bond acceptors (Lipinski definition) is 5. The van der Waals surface area contributed by atoms with E-state index in [1.807, 2.05) is 26.5 Å². The van der Waals surface area contributed by atoms with Crippen LogP contribution in [0.5, 0.6) is 0 Å². The van der Waals surface area contributed by atoms with Gasteiger partial charge in [-0.1, -0.05) is 0 Å². The van der Waals surface area contributed by atoms with E-state index in [1.54, 1.807) is 19.1 Å². The van der Waals surface area contributed by atoms with Gasteiger partial charge in [0, 0.05) is 93.1 Å². The van der Waals surface area contributed by atoms with Crippen LogP contribution in [0.3, 0.4) is 0 Å². The zero-order valence-electron chi connectivity index (χ0n) is 21.0. The Labute approximate surface area is 209 Å². The Morgan fingerprint density at radius 3 is 1.83 bits per heavy atom. The number of fused-ring (bicyclic) bond motifs is 2. The number of aromatic nitrogens is 2. The van der Waals surface area contributed by atoms with Crippen LogP contribution in [0.2, 0.25) is 0 Å². The quantitative estimate of drug-likeness (QED) is 0.220. The molecule has 2 aromatic carbocycles. The first-order valence-electron chi connectivity index (χ1n) is 11.7. The number of nitrogens with one attached hydrogen (secondary N) is 4. The Hall–Kier alpha value is -4.34. The second-order valence-corrected chi connectivity index (χ2v) is 8.71. The lowest BCUT2D eigenvalue weighted by Gasteiger charge is -2.12. The number of anilines is 1. The minimum atomic E-state index is -0.413. The summed E-state index contributed by atoms with van der Waals surface area (Å²) in [7, 11) is 4.07. The van der Waals surface area contributed by atoms with E-state index in [9.17, 15) is 19.7 Å². The van der Waals surface area contributed by atoms with Crippen molar-refractivity contribution >= 4 is 45.0 Å². The molecular formula is C26H32N6O4. The summed E-state index contributed by atoms with van der Waals surface area (Å²) in [5.74, 6) is -0.0651. The lowest BCUT2D eigenvalue weighted by molar-refractivity contribution is -0.384. The van der Waals surface area contributed by atoms with E-state index in [2.05, 4.69) is 43.7 Å². The van der Waals surface area contributed by atoms with Crippen LogP contribution >= 0.6 is 0 Å². The highest BCUT2D eigenvalue weighted by Crippen LogP contribution is 2.25. The fourth-order valence-electron chi connectivity index (χ4n) is 3.88. The molecular weight excluding hydrogens is 460 g/mol. The molecule has 10 nitrogen and oxygen atoms in total. The minimum Gasteiger partial charge on any atom is -0.378 e. The molecule has 0 aliphatic heterocycles. The number of hydrogen-bond donors (Lipinski definition) is 4. The standard InChI is InChI=1S/C14H19N3O.C12H13N3O3/c1-10(18)15-7-6-11-9-16-14-5-4-12(17(2)3)8-13(11)14;1-8(16)13-5-4-9-7-14-12-3-2-10(15(17)18)6-11(9)12/h4-5,8-9,16H,6-7H2,1-3H3,(H,15,18);2-3,6-7,14H,4-5H2,1H3,(H,13,16). The van der Waals surface area contributed by atoms with E-state index in [0.29, 0.717) is 19.5 Å². The SMILES string of the molecule is CC(=O)NCCc1c[nH]c2ccc(N(C)C)cc12.CC(=O)NCCc1c[nH]c2ccc([N+](=O)[O-])cc12. The number of rotatable bonds is 8. The number of nitro benzene ring substituents is 1. The van der Waals surface area contributed by atoms with Gasteiger partial charge in [-0.05, 0) is 48.2 Å². The van der Waals surface area contributed by atoms with Crippen molar-refractivity contribution < 1.29 is 14.5 Å². The van der Waals surface area contributed by atoms with Crippen LogP contribution in [0.4, 0.5) is 11.4 Å². The molecule has 0 radical (unpaired) electrons. The van der Waals surface area contributed by atoms with Crippen LogP contribution in [0.1, 0.15) is 25.0 Å². The zero-order chi connectivity index (χ0) is 26.2. The average molecular weight is 493 g/mol. The van der Waals surface area contributed by atoms with E-state index < -0.39 is 4.92 Å². The lowest BCUT2D eigenvalue weighted by atomic mass is 10.1. The molecule has 2 amide bonds. The first kappa shape index (κ1) is 26.3. The topological polar surface area (TPSA) is 136 Å². The van der Waals surface area contributed by atoms with Crippen LogP contribution in [0.15, 0.2) is 48.8 Å². The molecule has 0 aliphatic carbocycles. The number of benzene rings is 2. The van der Waals surface area contributed by atoms with Gasteiger partial charge in [-0.15, -0.1) is 0 Å². The van der Waals surface area contributed by atoms with Crippen molar-refractivity contribution in [3.05, 3.63) is 70.0 Å². The van der Waals surface area contributed by atoms with E-state index >= 15 is 0 Å². The number of amides is 2. The second-order valence-electron chi connectivity index (χ2n) is 8.71. The fraction of sp³-hybridized carbons (Fsp3) is 0.308. The Bertz CT molecular complexity index is 1370. The van der Waals surface area contributed by atoms with Gasteiger partial charge in [-0.25, -0.2) is 0 Å². The van der Waals surface area contributed by atoms with Crippen molar-refractivity contribution in [2.24, 2.45) is 0 Å². The van der Waals surface area contributed by atoms with Gasteiger partial charge in [0.15, 0.2) is 0 Å². The molecule has 2 aromatic heterocycles. The highest BCUT2D eigenvalue weighted by Gasteiger charge is 2.10. The van der Waals surface area contributed by atoms with Gasteiger partial charge in [-0.2, -0.15) is 0 Å². The molecule has 0 fully saturated rings. The van der Waals surface area contributed by atoms with Crippen LogP contribution in [-0.4, -0.2) is 53.9 Å². The van der Waals surface area contributed by atoms with Crippen molar-refractivity contribution in [3.8, 4) is 0 Å². The van der Waals surface area contributed by atoms with Crippen LogP contribution in [0, 0.1) is 10.1 Å². The molecule has 2 heterocycles. The number of carbonyl (C=O) groups is 2. The van der Waals surface area contributed by atoms with Crippen molar-refractivity contribution in [1.82, 2.24) is 20.6 Å². The molecule has 36 heavy (non-hydrogen) atoms. The summed E-state index contributed by atoms with van der Waals surface area (Å²) in [6.45, 7) is 4.19. The molecule has 0 saturated carbocycles. The predicted octanol–water partition coefficient (Wildman–Crippen LogP) is 3.67. The summed E-state index contributed by atoms with van der Waals surface area (Å²) in [4.78, 5) is 40.3. The molecule has 4 N–H and O–H groups in total. The smallest absolute Gasteiger partial charge is 0.270 e. The van der Waals surface area contributed by atoms with E-state index in [1.165, 1.54) is 29.6 Å².